The van der Waals surface area contributed by atoms with Crippen molar-refractivity contribution < 1.29 is 28.5 Å². The molecule has 0 saturated heterocycles. The highest BCUT2D eigenvalue weighted by molar-refractivity contribution is 6.03. The van der Waals surface area contributed by atoms with Gasteiger partial charge in [-0.25, -0.2) is 9.59 Å². The molecule has 8 nitrogen and oxygen atoms in total. The maximum atomic E-state index is 12.8. The molecule has 0 heterocycles. The number of aliphatic imine (C=N–C) groups is 2. The van der Waals surface area contributed by atoms with Crippen molar-refractivity contribution >= 4 is 35.7 Å². The van der Waals surface area contributed by atoms with E-state index in [2.05, 4.69) is 48.1 Å². The molecule has 0 fully saturated rings. The Morgan fingerprint density at radius 2 is 0.857 bits per heavy atom. The number of carbonyl (C=O) groups excluding carboxylic acids is 2. The number of hydrogen-bond acceptors (Lipinski definition) is 8. The van der Waals surface area contributed by atoms with Crippen LogP contribution in [0.3, 0.4) is 0 Å². The van der Waals surface area contributed by atoms with Crippen molar-refractivity contribution in [1.82, 2.24) is 0 Å². The third-order valence-electron chi connectivity index (χ3n) is 8.88. The van der Waals surface area contributed by atoms with Crippen LogP contribution in [0.15, 0.2) is 131 Å². The molecule has 8 heteroatoms. The van der Waals surface area contributed by atoms with E-state index in [9.17, 15) is 9.59 Å². The first-order chi connectivity index (χ1) is 27.5. The van der Waals surface area contributed by atoms with Gasteiger partial charge in [-0.3, -0.25) is 9.98 Å². The molecule has 0 N–H and O–H groups in total. The highest BCUT2D eigenvalue weighted by atomic mass is 16.5. The molecule has 0 saturated carbocycles. The molecule has 0 atom stereocenters. The first kappa shape index (κ1) is 41.1. The standard InChI is InChI=1S/C48H52N2O6/c1-3-11-37-15-23-41(24-16-37)49-35-39-19-27-43(28-20-39)53-31-7-9-33-55-47(51)45-13-5-6-14-46(45)48(52)56-34-10-8-32-54-44-29-21-40(22-30-44)36-50-42-25-17-38(12-4-2)18-26-42/h5-6,13-30,35-36H,3-4,7-12,31-34H2,1-2H3. The van der Waals surface area contributed by atoms with Gasteiger partial charge in [-0.1, -0.05) is 63.1 Å². The lowest BCUT2D eigenvalue weighted by atomic mass is 10.1. The van der Waals surface area contributed by atoms with Crippen molar-refractivity contribution in [3.05, 3.63) is 155 Å². The summed E-state index contributed by atoms with van der Waals surface area (Å²) in [6.07, 6.45) is 10.7. The van der Waals surface area contributed by atoms with Crippen molar-refractivity contribution in [1.29, 1.82) is 0 Å². The molecule has 5 aromatic carbocycles. The topological polar surface area (TPSA) is 95.8 Å². The van der Waals surface area contributed by atoms with E-state index in [1.54, 1.807) is 24.3 Å². The summed E-state index contributed by atoms with van der Waals surface area (Å²) in [5.41, 5.74) is 6.84. The fourth-order valence-electron chi connectivity index (χ4n) is 5.79. The fourth-order valence-corrected chi connectivity index (χ4v) is 5.79. The van der Waals surface area contributed by atoms with Crippen molar-refractivity contribution in [2.75, 3.05) is 26.4 Å². The van der Waals surface area contributed by atoms with Crippen molar-refractivity contribution in [3.8, 4) is 11.5 Å². The molecule has 5 rings (SSSR count). The van der Waals surface area contributed by atoms with Crippen LogP contribution in [0, 0.1) is 0 Å². The van der Waals surface area contributed by atoms with E-state index in [1.807, 2.05) is 85.2 Å². The Morgan fingerprint density at radius 3 is 1.23 bits per heavy atom. The maximum absolute atomic E-state index is 12.8. The summed E-state index contributed by atoms with van der Waals surface area (Å²) >= 11 is 0. The summed E-state index contributed by atoms with van der Waals surface area (Å²) in [4.78, 5) is 34.8. The minimum absolute atomic E-state index is 0.188. The Labute approximate surface area is 331 Å². The van der Waals surface area contributed by atoms with E-state index >= 15 is 0 Å². The second kappa shape index (κ2) is 23.0. The zero-order valence-electron chi connectivity index (χ0n) is 32.5. The van der Waals surface area contributed by atoms with Gasteiger partial charge in [-0.15, -0.1) is 0 Å². The highest BCUT2D eigenvalue weighted by Crippen LogP contribution is 2.19. The summed E-state index contributed by atoms with van der Waals surface area (Å²) in [6, 6.07) is 38.8. The SMILES string of the molecule is CCCc1ccc(N=Cc2ccc(OCCCCOC(=O)c3ccccc3C(=O)OCCCCOc3ccc(C=Nc4ccc(CCC)cc4)cc3)cc2)cc1. The molecule has 0 aromatic heterocycles. The smallest absolute Gasteiger partial charge is 0.339 e. The van der Waals surface area contributed by atoms with E-state index in [4.69, 9.17) is 18.9 Å². The summed E-state index contributed by atoms with van der Waals surface area (Å²) < 4.78 is 22.7. The summed E-state index contributed by atoms with van der Waals surface area (Å²) in [5.74, 6) is 0.414. The van der Waals surface area contributed by atoms with Gasteiger partial charge >= 0.3 is 11.9 Å². The quantitative estimate of drug-likeness (QED) is 0.0397. The number of nitrogens with zero attached hydrogens (tertiary/aromatic N) is 2. The molecule has 0 bridgehead atoms. The minimum Gasteiger partial charge on any atom is -0.494 e. The fraction of sp³-hybridized carbons (Fsp3) is 0.292. The number of rotatable bonds is 22. The van der Waals surface area contributed by atoms with Crippen LogP contribution < -0.4 is 9.47 Å². The van der Waals surface area contributed by atoms with Crippen molar-refractivity contribution in [3.63, 3.8) is 0 Å². The molecule has 0 unspecified atom stereocenters. The van der Waals surface area contributed by atoms with Crippen molar-refractivity contribution in [2.45, 2.75) is 65.2 Å². The van der Waals surface area contributed by atoms with Gasteiger partial charge < -0.3 is 18.9 Å². The van der Waals surface area contributed by atoms with Gasteiger partial charge in [-0.05, 0) is 146 Å². The molecular weight excluding hydrogens is 701 g/mol. The Bertz CT molecular complexity index is 1840. The number of ether oxygens (including phenoxy) is 4. The van der Waals surface area contributed by atoms with Gasteiger partial charge in [0.15, 0.2) is 0 Å². The number of unbranched alkanes of at least 4 members (excludes halogenated alkanes) is 2. The highest BCUT2D eigenvalue weighted by Gasteiger charge is 2.19. The molecule has 0 aliphatic rings. The lowest BCUT2D eigenvalue weighted by molar-refractivity contribution is 0.0447. The zero-order chi connectivity index (χ0) is 39.2. The van der Waals surface area contributed by atoms with E-state index < -0.39 is 11.9 Å². The number of aryl methyl sites for hydroxylation is 2. The second-order valence-electron chi connectivity index (χ2n) is 13.4. The van der Waals surface area contributed by atoms with Crippen LogP contribution in [0.25, 0.3) is 0 Å². The first-order valence-corrected chi connectivity index (χ1v) is 19.7. The van der Waals surface area contributed by atoms with Gasteiger partial charge in [-0.2, -0.15) is 0 Å². The Morgan fingerprint density at radius 1 is 0.482 bits per heavy atom. The van der Waals surface area contributed by atoms with Crippen LogP contribution in [0.2, 0.25) is 0 Å². The number of carbonyl (C=O) groups is 2. The Hall–Kier alpha value is -6.02. The van der Waals surface area contributed by atoms with E-state index in [0.29, 0.717) is 38.9 Å². The third-order valence-corrected chi connectivity index (χ3v) is 8.88. The predicted molar refractivity (Wildman–Crippen MR) is 225 cm³/mol. The molecule has 0 aliphatic heterocycles. The number of hydrogen-bond donors (Lipinski definition) is 0. The van der Waals surface area contributed by atoms with E-state index in [0.717, 1.165) is 59.7 Å². The third kappa shape index (κ3) is 14.0. The Kier molecular flexibility index (Phi) is 16.9. The van der Waals surface area contributed by atoms with Crippen molar-refractivity contribution in [2.24, 2.45) is 9.98 Å². The van der Waals surface area contributed by atoms with E-state index in [1.165, 1.54) is 11.1 Å². The largest absolute Gasteiger partial charge is 0.494 e. The summed E-state index contributed by atoms with van der Waals surface area (Å²) in [7, 11) is 0. The zero-order valence-corrected chi connectivity index (χ0v) is 32.5. The van der Waals surface area contributed by atoms with Crippen LogP contribution >= 0.6 is 0 Å². The molecule has 0 spiro atoms. The molecule has 56 heavy (non-hydrogen) atoms. The molecule has 0 amide bonds. The molecular formula is C48H52N2O6. The first-order valence-electron chi connectivity index (χ1n) is 19.7. The van der Waals surface area contributed by atoms with Gasteiger partial charge in [0.25, 0.3) is 0 Å². The van der Waals surface area contributed by atoms with Gasteiger partial charge in [0.1, 0.15) is 11.5 Å². The van der Waals surface area contributed by atoms with Gasteiger partial charge in [0.2, 0.25) is 0 Å². The average molecular weight is 753 g/mol. The van der Waals surface area contributed by atoms with Gasteiger partial charge in [0, 0.05) is 12.4 Å². The normalized spacial score (nSPS) is 11.2. The summed E-state index contributed by atoms with van der Waals surface area (Å²) in [6.45, 7) is 5.75. The summed E-state index contributed by atoms with van der Waals surface area (Å²) in [5, 5.41) is 0. The van der Waals surface area contributed by atoms with Crippen LogP contribution in [-0.2, 0) is 22.3 Å². The van der Waals surface area contributed by atoms with E-state index in [-0.39, 0.29) is 24.3 Å². The monoisotopic (exact) mass is 752 g/mol. The lowest BCUT2D eigenvalue weighted by Crippen LogP contribution is -2.15. The maximum Gasteiger partial charge on any atom is 0.339 e. The van der Waals surface area contributed by atoms with Gasteiger partial charge in [0.05, 0.1) is 48.9 Å². The molecule has 5 aromatic rings. The number of esters is 2. The van der Waals surface area contributed by atoms with Crippen LogP contribution in [0.1, 0.15) is 95.3 Å². The van der Waals surface area contributed by atoms with Crippen LogP contribution in [0.5, 0.6) is 11.5 Å². The number of benzene rings is 5. The molecule has 0 radical (unpaired) electrons. The lowest BCUT2D eigenvalue weighted by Gasteiger charge is -2.10. The van der Waals surface area contributed by atoms with Crippen LogP contribution in [-0.4, -0.2) is 50.8 Å². The van der Waals surface area contributed by atoms with Crippen LogP contribution in [0.4, 0.5) is 11.4 Å². The second-order valence-corrected chi connectivity index (χ2v) is 13.4. The molecule has 290 valence electrons. The Balaban J connectivity index is 0.934. The molecule has 0 aliphatic carbocycles. The minimum atomic E-state index is -0.556. The predicted octanol–water partition coefficient (Wildman–Crippen LogP) is 11.1. The average Bonchev–Trinajstić information content (AvgIpc) is 3.23.